The number of rotatable bonds is 3. The van der Waals surface area contributed by atoms with Gasteiger partial charge in [0, 0.05) is 21.3 Å². The van der Waals surface area contributed by atoms with Gasteiger partial charge in [-0.15, -0.1) is 0 Å². The van der Waals surface area contributed by atoms with Crippen molar-refractivity contribution >= 4 is 33.3 Å². The number of hydrogen-bond acceptors (Lipinski definition) is 3. The molecule has 0 aliphatic heterocycles. The van der Waals surface area contributed by atoms with E-state index in [9.17, 15) is 0 Å². The van der Waals surface area contributed by atoms with E-state index in [4.69, 9.17) is 22.1 Å². The molecule has 5 heteroatoms. The van der Waals surface area contributed by atoms with E-state index in [2.05, 4.69) is 20.9 Å². The third-order valence-electron chi connectivity index (χ3n) is 2.50. The molecule has 1 atom stereocenters. The first-order valence-corrected chi connectivity index (χ1v) is 6.57. The fraction of sp³-hybridized carbons (Fsp3) is 0.154. The SMILES string of the molecule is C[C@@H](Oc1cc(Br)cnc1N)c1ccccc1Cl. The molecule has 1 aromatic heterocycles. The third kappa shape index (κ3) is 2.94. The van der Waals surface area contributed by atoms with Crippen LogP contribution in [-0.4, -0.2) is 4.98 Å². The van der Waals surface area contributed by atoms with Crippen LogP contribution in [0.15, 0.2) is 41.0 Å². The number of hydrogen-bond donors (Lipinski definition) is 1. The summed E-state index contributed by atoms with van der Waals surface area (Å²) in [5, 5.41) is 0.673. The van der Waals surface area contributed by atoms with Crippen molar-refractivity contribution < 1.29 is 4.74 Å². The van der Waals surface area contributed by atoms with Crippen LogP contribution in [0.1, 0.15) is 18.6 Å². The van der Waals surface area contributed by atoms with Gasteiger partial charge in [-0.2, -0.15) is 0 Å². The van der Waals surface area contributed by atoms with Gasteiger partial charge in [0.05, 0.1) is 0 Å². The Bertz CT molecular complexity index is 562. The van der Waals surface area contributed by atoms with Gasteiger partial charge in [-0.1, -0.05) is 29.8 Å². The normalized spacial score (nSPS) is 12.2. The zero-order valence-electron chi connectivity index (χ0n) is 9.73. The van der Waals surface area contributed by atoms with E-state index < -0.39 is 0 Å². The van der Waals surface area contributed by atoms with Crippen LogP contribution in [-0.2, 0) is 0 Å². The standard InChI is InChI=1S/C13H12BrClN2O/c1-8(10-4-2-3-5-11(10)15)18-12-6-9(14)7-17-13(12)16/h2-8H,1H3,(H2,16,17)/t8-/m1/s1. The van der Waals surface area contributed by atoms with Crippen molar-refractivity contribution in [2.75, 3.05) is 5.73 Å². The lowest BCUT2D eigenvalue weighted by Crippen LogP contribution is -2.06. The molecule has 0 fully saturated rings. The smallest absolute Gasteiger partial charge is 0.166 e. The highest BCUT2D eigenvalue weighted by Crippen LogP contribution is 2.30. The quantitative estimate of drug-likeness (QED) is 0.918. The van der Waals surface area contributed by atoms with Crippen LogP contribution < -0.4 is 10.5 Å². The molecule has 3 nitrogen and oxygen atoms in total. The van der Waals surface area contributed by atoms with E-state index in [1.807, 2.05) is 31.2 Å². The van der Waals surface area contributed by atoms with E-state index in [-0.39, 0.29) is 6.10 Å². The van der Waals surface area contributed by atoms with Crippen LogP contribution in [0, 0.1) is 0 Å². The van der Waals surface area contributed by atoms with Crippen LogP contribution in [0.3, 0.4) is 0 Å². The topological polar surface area (TPSA) is 48.1 Å². The zero-order valence-corrected chi connectivity index (χ0v) is 12.1. The van der Waals surface area contributed by atoms with Crippen LogP contribution in [0.4, 0.5) is 5.82 Å². The Morgan fingerprint density at radius 1 is 1.39 bits per heavy atom. The van der Waals surface area contributed by atoms with Crippen molar-refractivity contribution in [1.82, 2.24) is 4.98 Å². The number of anilines is 1. The minimum absolute atomic E-state index is 0.197. The molecule has 0 aliphatic rings. The molecule has 94 valence electrons. The van der Waals surface area contributed by atoms with Gasteiger partial charge in [0.2, 0.25) is 0 Å². The summed E-state index contributed by atoms with van der Waals surface area (Å²) in [7, 11) is 0. The average molecular weight is 328 g/mol. The number of aromatic nitrogens is 1. The van der Waals surface area contributed by atoms with E-state index >= 15 is 0 Å². The van der Waals surface area contributed by atoms with E-state index in [1.165, 1.54) is 0 Å². The van der Waals surface area contributed by atoms with Gasteiger partial charge in [-0.3, -0.25) is 0 Å². The summed E-state index contributed by atoms with van der Waals surface area (Å²) < 4.78 is 6.61. The van der Waals surface area contributed by atoms with Crippen LogP contribution in [0.25, 0.3) is 0 Å². The maximum absolute atomic E-state index is 6.12. The molecular weight excluding hydrogens is 316 g/mol. The van der Waals surface area contributed by atoms with Gasteiger partial charge in [-0.25, -0.2) is 4.98 Å². The number of benzene rings is 1. The lowest BCUT2D eigenvalue weighted by Gasteiger charge is -2.17. The second-order valence-corrected chi connectivity index (χ2v) is 5.14. The Labute approximate surface area is 119 Å². The van der Waals surface area contributed by atoms with Gasteiger partial charge in [-0.05, 0) is 35.0 Å². The second kappa shape index (κ2) is 5.59. The predicted octanol–water partition coefficient (Wildman–Crippen LogP) is 4.22. The maximum atomic E-state index is 6.12. The molecular formula is C13H12BrClN2O. The fourth-order valence-electron chi connectivity index (χ4n) is 1.58. The number of nitrogen functional groups attached to an aromatic ring is 1. The molecule has 0 spiro atoms. The number of halogens is 2. The third-order valence-corrected chi connectivity index (χ3v) is 3.27. The van der Waals surface area contributed by atoms with Crippen molar-refractivity contribution in [1.29, 1.82) is 0 Å². The molecule has 0 saturated carbocycles. The lowest BCUT2D eigenvalue weighted by molar-refractivity contribution is 0.227. The van der Waals surface area contributed by atoms with Crippen molar-refractivity contribution in [3.05, 3.63) is 51.6 Å². The highest BCUT2D eigenvalue weighted by molar-refractivity contribution is 9.10. The van der Waals surface area contributed by atoms with Crippen LogP contribution in [0.5, 0.6) is 5.75 Å². The molecule has 18 heavy (non-hydrogen) atoms. The number of nitrogens with two attached hydrogens (primary N) is 1. The minimum Gasteiger partial charge on any atom is -0.482 e. The highest BCUT2D eigenvalue weighted by atomic mass is 79.9. The second-order valence-electron chi connectivity index (χ2n) is 3.82. The Kier molecular flexibility index (Phi) is 4.09. The summed E-state index contributed by atoms with van der Waals surface area (Å²) in [6, 6.07) is 9.35. The lowest BCUT2D eigenvalue weighted by atomic mass is 10.1. The van der Waals surface area contributed by atoms with E-state index in [1.54, 1.807) is 12.3 Å². The van der Waals surface area contributed by atoms with Crippen molar-refractivity contribution in [3.8, 4) is 5.75 Å². The molecule has 2 aromatic rings. The summed E-state index contributed by atoms with van der Waals surface area (Å²) >= 11 is 9.45. The summed E-state index contributed by atoms with van der Waals surface area (Å²) in [5.41, 5.74) is 6.68. The molecule has 1 aromatic carbocycles. The van der Waals surface area contributed by atoms with Gasteiger partial charge in [0.15, 0.2) is 11.6 Å². The molecule has 0 saturated heterocycles. The summed E-state index contributed by atoms with van der Waals surface area (Å²) in [4.78, 5) is 4.02. The molecule has 2 N–H and O–H groups in total. The number of nitrogens with zero attached hydrogens (tertiary/aromatic N) is 1. The summed E-state index contributed by atoms with van der Waals surface area (Å²) in [6.07, 6.45) is 1.43. The van der Waals surface area contributed by atoms with Crippen LogP contribution >= 0.6 is 27.5 Å². The zero-order chi connectivity index (χ0) is 13.1. The summed E-state index contributed by atoms with van der Waals surface area (Å²) in [6.45, 7) is 1.92. The highest BCUT2D eigenvalue weighted by Gasteiger charge is 2.13. The van der Waals surface area contributed by atoms with Crippen molar-refractivity contribution in [3.63, 3.8) is 0 Å². The molecule has 0 amide bonds. The number of ether oxygens (including phenoxy) is 1. The average Bonchev–Trinajstić information content (AvgIpc) is 2.34. The maximum Gasteiger partial charge on any atom is 0.166 e. The Morgan fingerprint density at radius 2 is 2.11 bits per heavy atom. The minimum atomic E-state index is -0.197. The first-order valence-electron chi connectivity index (χ1n) is 5.40. The molecule has 0 unspecified atom stereocenters. The van der Waals surface area contributed by atoms with Crippen LogP contribution in [0.2, 0.25) is 5.02 Å². The van der Waals surface area contributed by atoms with Crippen molar-refractivity contribution in [2.45, 2.75) is 13.0 Å². The summed E-state index contributed by atoms with van der Waals surface area (Å²) in [5.74, 6) is 0.897. The van der Waals surface area contributed by atoms with Gasteiger partial charge in [0.1, 0.15) is 6.10 Å². The van der Waals surface area contributed by atoms with Crippen molar-refractivity contribution in [2.24, 2.45) is 0 Å². The number of pyridine rings is 1. The monoisotopic (exact) mass is 326 g/mol. The fourth-order valence-corrected chi connectivity index (χ4v) is 2.18. The largest absolute Gasteiger partial charge is 0.482 e. The van der Waals surface area contributed by atoms with Gasteiger partial charge >= 0.3 is 0 Å². The van der Waals surface area contributed by atoms with Gasteiger partial charge < -0.3 is 10.5 Å². The Morgan fingerprint density at radius 3 is 2.83 bits per heavy atom. The Balaban J connectivity index is 2.24. The van der Waals surface area contributed by atoms with E-state index in [0.29, 0.717) is 16.6 Å². The first kappa shape index (κ1) is 13.2. The molecule has 0 aliphatic carbocycles. The van der Waals surface area contributed by atoms with E-state index in [0.717, 1.165) is 10.0 Å². The molecule has 2 rings (SSSR count). The Hall–Kier alpha value is -1.26. The molecule has 1 heterocycles. The van der Waals surface area contributed by atoms with Gasteiger partial charge in [0.25, 0.3) is 0 Å². The predicted molar refractivity (Wildman–Crippen MR) is 76.8 cm³/mol. The first-order chi connectivity index (χ1) is 8.58. The molecule has 0 bridgehead atoms. The molecule has 0 radical (unpaired) electrons.